The van der Waals surface area contributed by atoms with E-state index in [4.69, 9.17) is 10.7 Å². The lowest BCUT2D eigenvalue weighted by Gasteiger charge is -2.24. The molecule has 0 aliphatic rings. The summed E-state index contributed by atoms with van der Waals surface area (Å²) in [6.07, 6.45) is -4.78. The average molecular weight is 538 g/mol. The van der Waals surface area contributed by atoms with E-state index in [0.29, 0.717) is 0 Å². The SMILES string of the molecule is CCC(=O)N(C)c1cc(O)c(C(=N)C(=O)Nc2ccc(C#N)cc2C(=O)O)cc1-c1ccccc1C(F)(F)F. The summed E-state index contributed by atoms with van der Waals surface area (Å²) in [4.78, 5) is 37.9. The predicted molar refractivity (Wildman–Crippen MR) is 136 cm³/mol. The molecule has 200 valence electrons. The molecule has 9 nitrogen and oxygen atoms in total. The second kappa shape index (κ2) is 11.1. The predicted octanol–water partition coefficient (Wildman–Crippen LogP) is 5.03. The zero-order valence-electron chi connectivity index (χ0n) is 20.6. The number of rotatable bonds is 7. The minimum Gasteiger partial charge on any atom is -0.507 e. The van der Waals surface area contributed by atoms with E-state index in [1.807, 2.05) is 0 Å². The average Bonchev–Trinajstić information content (AvgIpc) is 2.91. The minimum atomic E-state index is -4.78. The van der Waals surface area contributed by atoms with Gasteiger partial charge in [0.05, 0.1) is 34.1 Å². The molecule has 39 heavy (non-hydrogen) atoms. The number of phenolic OH excluding ortho intramolecular Hbond substituents is 1. The van der Waals surface area contributed by atoms with Crippen molar-refractivity contribution in [2.75, 3.05) is 17.3 Å². The number of benzene rings is 3. The van der Waals surface area contributed by atoms with Crippen molar-refractivity contribution in [2.24, 2.45) is 0 Å². The van der Waals surface area contributed by atoms with Crippen LogP contribution in [0.1, 0.15) is 40.4 Å². The van der Waals surface area contributed by atoms with Gasteiger partial charge < -0.3 is 20.4 Å². The molecule has 0 saturated heterocycles. The van der Waals surface area contributed by atoms with Crippen molar-refractivity contribution in [3.8, 4) is 22.9 Å². The lowest BCUT2D eigenvalue weighted by Crippen LogP contribution is -2.27. The van der Waals surface area contributed by atoms with Gasteiger partial charge in [-0.15, -0.1) is 0 Å². The van der Waals surface area contributed by atoms with Gasteiger partial charge in [0.1, 0.15) is 11.5 Å². The Morgan fingerprint density at radius 1 is 1.05 bits per heavy atom. The van der Waals surface area contributed by atoms with E-state index in [1.54, 1.807) is 13.0 Å². The quantitative estimate of drug-likeness (QED) is 0.310. The molecular weight excluding hydrogens is 517 g/mol. The number of alkyl halides is 3. The molecule has 0 spiro atoms. The Bertz CT molecular complexity index is 1540. The van der Waals surface area contributed by atoms with E-state index >= 15 is 0 Å². The molecule has 3 rings (SSSR count). The molecule has 0 heterocycles. The van der Waals surface area contributed by atoms with E-state index in [2.05, 4.69) is 5.32 Å². The van der Waals surface area contributed by atoms with Gasteiger partial charge in [-0.3, -0.25) is 15.0 Å². The number of nitrogens with one attached hydrogen (secondary N) is 2. The summed E-state index contributed by atoms with van der Waals surface area (Å²) in [5.74, 6) is -3.79. The summed E-state index contributed by atoms with van der Waals surface area (Å²) in [6.45, 7) is 1.55. The number of aromatic hydroxyl groups is 1. The van der Waals surface area contributed by atoms with Crippen LogP contribution in [0.15, 0.2) is 54.6 Å². The molecule has 3 aromatic carbocycles. The van der Waals surface area contributed by atoms with E-state index in [-0.39, 0.29) is 34.5 Å². The number of aromatic carboxylic acids is 1. The monoisotopic (exact) mass is 538 g/mol. The summed E-state index contributed by atoms with van der Waals surface area (Å²) in [6, 6.07) is 11.7. The summed E-state index contributed by atoms with van der Waals surface area (Å²) < 4.78 is 41.6. The molecule has 0 fully saturated rings. The Morgan fingerprint density at radius 3 is 2.31 bits per heavy atom. The number of hydrogen-bond donors (Lipinski definition) is 4. The Kier molecular flexibility index (Phi) is 8.05. The van der Waals surface area contributed by atoms with Crippen LogP contribution in [0.2, 0.25) is 0 Å². The molecule has 0 unspecified atom stereocenters. The number of hydrogen-bond acceptors (Lipinski definition) is 6. The van der Waals surface area contributed by atoms with Crippen molar-refractivity contribution in [2.45, 2.75) is 19.5 Å². The van der Waals surface area contributed by atoms with Gasteiger partial charge in [0.25, 0.3) is 5.91 Å². The maximum absolute atomic E-state index is 13.9. The molecule has 0 atom stereocenters. The van der Waals surface area contributed by atoms with Crippen molar-refractivity contribution < 1.29 is 37.8 Å². The lowest BCUT2D eigenvalue weighted by atomic mass is 9.93. The van der Waals surface area contributed by atoms with Crippen LogP contribution in [0.25, 0.3) is 11.1 Å². The van der Waals surface area contributed by atoms with Crippen LogP contribution in [0, 0.1) is 16.7 Å². The highest BCUT2D eigenvalue weighted by Crippen LogP contribution is 2.42. The Hall–Kier alpha value is -5.18. The van der Waals surface area contributed by atoms with Crippen LogP contribution in [-0.2, 0) is 15.8 Å². The number of amides is 2. The Morgan fingerprint density at radius 2 is 1.72 bits per heavy atom. The maximum Gasteiger partial charge on any atom is 0.417 e. The maximum atomic E-state index is 13.9. The fourth-order valence-electron chi connectivity index (χ4n) is 3.81. The van der Waals surface area contributed by atoms with Crippen molar-refractivity contribution in [3.63, 3.8) is 0 Å². The summed E-state index contributed by atoms with van der Waals surface area (Å²) >= 11 is 0. The van der Waals surface area contributed by atoms with Crippen molar-refractivity contribution in [3.05, 3.63) is 76.9 Å². The molecule has 2 amide bonds. The molecule has 3 aromatic rings. The molecule has 0 bridgehead atoms. The van der Waals surface area contributed by atoms with Crippen LogP contribution < -0.4 is 10.2 Å². The van der Waals surface area contributed by atoms with Crippen LogP contribution in [0.3, 0.4) is 0 Å². The minimum absolute atomic E-state index is 0.00688. The molecule has 0 radical (unpaired) electrons. The highest BCUT2D eigenvalue weighted by molar-refractivity contribution is 6.48. The number of nitrogens with zero attached hydrogens (tertiary/aromatic N) is 2. The van der Waals surface area contributed by atoms with Gasteiger partial charge in [0.2, 0.25) is 5.91 Å². The smallest absolute Gasteiger partial charge is 0.417 e. The Balaban J connectivity index is 2.16. The lowest BCUT2D eigenvalue weighted by molar-refractivity contribution is -0.137. The molecule has 4 N–H and O–H groups in total. The number of carbonyl (C=O) groups excluding carboxylic acids is 2. The first-order valence-electron chi connectivity index (χ1n) is 11.3. The van der Waals surface area contributed by atoms with Crippen molar-refractivity contribution in [1.82, 2.24) is 0 Å². The fourth-order valence-corrected chi connectivity index (χ4v) is 3.81. The van der Waals surface area contributed by atoms with Gasteiger partial charge in [-0.2, -0.15) is 18.4 Å². The summed E-state index contributed by atoms with van der Waals surface area (Å²) in [7, 11) is 1.32. The first-order chi connectivity index (χ1) is 18.3. The third kappa shape index (κ3) is 5.88. The highest BCUT2D eigenvalue weighted by atomic mass is 19.4. The normalized spacial score (nSPS) is 10.9. The van der Waals surface area contributed by atoms with Gasteiger partial charge in [-0.05, 0) is 35.9 Å². The standard InChI is InChI=1S/C27H21F3N4O5/c1-3-23(36)34(2)21-12-22(35)18(11-16(21)15-6-4-5-7-19(15)27(28,29)30)24(32)25(37)33-20-9-8-14(13-31)10-17(20)26(38)39/h4-12,32,35H,3H2,1-2H3,(H,33,37)(H,38,39). The van der Waals surface area contributed by atoms with E-state index in [0.717, 1.165) is 41.3 Å². The van der Waals surface area contributed by atoms with Crippen molar-refractivity contribution in [1.29, 1.82) is 10.7 Å². The van der Waals surface area contributed by atoms with E-state index < -0.39 is 52.1 Å². The first kappa shape index (κ1) is 28.4. The second-order valence-corrected chi connectivity index (χ2v) is 8.24. The summed E-state index contributed by atoms with van der Waals surface area (Å²) in [5.41, 5.74) is -3.70. The number of carboxylic acid groups (broad SMARTS) is 1. The zero-order valence-corrected chi connectivity index (χ0v) is 20.6. The third-order valence-electron chi connectivity index (χ3n) is 5.80. The first-order valence-corrected chi connectivity index (χ1v) is 11.3. The second-order valence-electron chi connectivity index (χ2n) is 8.24. The highest BCUT2D eigenvalue weighted by Gasteiger charge is 2.35. The third-order valence-corrected chi connectivity index (χ3v) is 5.80. The summed E-state index contributed by atoms with van der Waals surface area (Å²) in [5, 5.41) is 39.7. The van der Waals surface area contributed by atoms with Crippen molar-refractivity contribution >= 4 is 34.9 Å². The number of anilines is 2. The molecule has 12 heteroatoms. The molecule has 0 aliphatic carbocycles. The molecule has 0 saturated carbocycles. The number of carboxylic acids is 1. The zero-order chi connectivity index (χ0) is 29.1. The van der Waals surface area contributed by atoms with Crippen LogP contribution in [0.5, 0.6) is 5.75 Å². The molecule has 0 aromatic heterocycles. The number of phenols is 1. The molecular formula is C27H21F3N4O5. The number of carbonyl (C=O) groups is 3. The van der Waals surface area contributed by atoms with Crippen LogP contribution >= 0.6 is 0 Å². The topological polar surface area (TPSA) is 155 Å². The van der Waals surface area contributed by atoms with Gasteiger partial charge in [-0.1, -0.05) is 25.1 Å². The Labute approximate surface area is 220 Å². The van der Waals surface area contributed by atoms with E-state index in [9.17, 15) is 37.8 Å². The largest absolute Gasteiger partial charge is 0.507 e. The number of nitriles is 1. The molecule has 0 aliphatic heterocycles. The van der Waals surface area contributed by atoms with Crippen LogP contribution in [0.4, 0.5) is 24.5 Å². The fraction of sp³-hybridized carbons (Fsp3) is 0.148. The van der Waals surface area contributed by atoms with Crippen LogP contribution in [-0.4, -0.2) is 40.8 Å². The van der Waals surface area contributed by atoms with E-state index in [1.165, 1.54) is 25.2 Å². The van der Waals surface area contributed by atoms with Gasteiger partial charge in [-0.25, -0.2) is 4.79 Å². The van der Waals surface area contributed by atoms with Gasteiger partial charge in [0, 0.05) is 30.7 Å². The van der Waals surface area contributed by atoms with Gasteiger partial charge in [0.15, 0.2) is 0 Å². The number of halogens is 3. The van der Waals surface area contributed by atoms with Gasteiger partial charge >= 0.3 is 12.1 Å².